The first kappa shape index (κ1) is 15.0. The number of aromatic carboxylic acids is 1. The van der Waals surface area contributed by atoms with Crippen LogP contribution in [-0.4, -0.2) is 20.9 Å². The molecule has 0 spiro atoms. The smallest absolute Gasteiger partial charge is 0.356 e. The molecule has 1 N–H and O–H groups in total. The highest BCUT2D eigenvalue weighted by Crippen LogP contribution is 2.44. The van der Waals surface area contributed by atoms with E-state index < -0.39 is 5.97 Å². The molecule has 3 aromatic heterocycles. The molecule has 0 aliphatic carbocycles. The van der Waals surface area contributed by atoms with Gasteiger partial charge in [0.1, 0.15) is 22.7 Å². The number of aryl methyl sites for hydroxylation is 3. The van der Waals surface area contributed by atoms with Gasteiger partial charge in [0, 0.05) is 17.8 Å². The minimum absolute atomic E-state index is 0.0137. The van der Waals surface area contributed by atoms with E-state index in [2.05, 4.69) is 21.0 Å². The fraction of sp³-hybridized carbons (Fsp3) is 0.176. The van der Waals surface area contributed by atoms with Crippen molar-refractivity contribution in [3.63, 3.8) is 0 Å². The Balaban J connectivity index is 2.20. The van der Waals surface area contributed by atoms with E-state index in [9.17, 15) is 9.90 Å². The lowest BCUT2D eigenvalue weighted by Crippen LogP contribution is -1.99. The lowest BCUT2D eigenvalue weighted by Gasteiger charge is -2.06. The van der Waals surface area contributed by atoms with E-state index in [1.807, 2.05) is 26.0 Å². The second-order valence-corrected chi connectivity index (χ2v) is 6.53. The van der Waals surface area contributed by atoms with Gasteiger partial charge in [-0.15, -0.1) is 0 Å². The van der Waals surface area contributed by atoms with Crippen molar-refractivity contribution in [3.05, 3.63) is 39.9 Å². The van der Waals surface area contributed by atoms with E-state index in [-0.39, 0.29) is 5.69 Å². The predicted molar refractivity (Wildman–Crippen MR) is 92.3 cm³/mol. The SMILES string of the molecule is Cc1cc2c(-c3cc(C(=O)O)nn3C)c3oc(C)cc3c(Br)c2o1. The minimum Gasteiger partial charge on any atom is -0.476 e. The third kappa shape index (κ3) is 2.01. The number of carbonyl (C=O) groups is 1. The summed E-state index contributed by atoms with van der Waals surface area (Å²) in [5.74, 6) is 0.453. The first-order valence-corrected chi connectivity index (χ1v) is 8.05. The normalized spacial score (nSPS) is 11.7. The topological polar surface area (TPSA) is 81.4 Å². The molecule has 0 unspecified atom stereocenters. The zero-order chi connectivity index (χ0) is 17.2. The number of fused-ring (bicyclic) bond motifs is 2. The van der Waals surface area contributed by atoms with Crippen LogP contribution < -0.4 is 0 Å². The van der Waals surface area contributed by atoms with E-state index in [1.54, 1.807) is 17.8 Å². The van der Waals surface area contributed by atoms with Crippen LogP contribution in [0.5, 0.6) is 0 Å². The Kier molecular flexibility index (Phi) is 3.11. The van der Waals surface area contributed by atoms with Crippen molar-refractivity contribution < 1.29 is 18.7 Å². The zero-order valence-corrected chi connectivity index (χ0v) is 14.8. The Morgan fingerprint density at radius 3 is 2.38 bits per heavy atom. The second kappa shape index (κ2) is 4.98. The number of furan rings is 2. The van der Waals surface area contributed by atoms with E-state index in [0.29, 0.717) is 16.9 Å². The Bertz CT molecular complexity index is 1080. The third-order valence-electron chi connectivity index (χ3n) is 4.00. The number of carboxylic acid groups (broad SMARTS) is 1. The van der Waals surface area contributed by atoms with Crippen LogP contribution >= 0.6 is 15.9 Å². The molecule has 6 nitrogen and oxygen atoms in total. The first-order chi connectivity index (χ1) is 11.4. The van der Waals surface area contributed by atoms with Crippen LogP contribution in [0.2, 0.25) is 0 Å². The van der Waals surface area contributed by atoms with Crippen molar-refractivity contribution in [1.29, 1.82) is 0 Å². The number of nitrogens with zero attached hydrogens (tertiary/aromatic N) is 2. The van der Waals surface area contributed by atoms with Crippen LogP contribution in [0.4, 0.5) is 0 Å². The molecule has 0 atom stereocenters. The van der Waals surface area contributed by atoms with Crippen molar-refractivity contribution in [3.8, 4) is 11.3 Å². The Morgan fingerprint density at radius 1 is 1.12 bits per heavy atom. The molecule has 4 aromatic rings. The zero-order valence-electron chi connectivity index (χ0n) is 13.2. The molecule has 3 heterocycles. The van der Waals surface area contributed by atoms with Crippen molar-refractivity contribution >= 4 is 43.8 Å². The molecular weight excluding hydrogens is 376 g/mol. The summed E-state index contributed by atoms with van der Waals surface area (Å²) in [6.45, 7) is 3.74. The summed E-state index contributed by atoms with van der Waals surface area (Å²) < 4.78 is 14.1. The summed E-state index contributed by atoms with van der Waals surface area (Å²) in [5.41, 5.74) is 2.79. The Labute approximate surface area is 144 Å². The molecule has 4 rings (SSSR count). The average molecular weight is 389 g/mol. The lowest BCUT2D eigenvalue weighted by molar-refractivity contribution is 0.0689. The van der Waals surface area contributed by atoms with Crippen molar-refractivity contribution in [2.45, 2.75) is 13.8 Å². The largest absolute Gasteiger partial charge is 0.476 e. The van der Waals surface area contributed by atoms with Crippen molar-refractivity contribution in [2.24, 2.45) is 7.05 Å². The van der Waals surface area contributed by atoms with Gasteiger partial charge in [-0.05, 0) is 48.0 Å². The molecule has 0 aliphatic rings. The van der Waals surface area contributed by atoms with Crippen LogP contribution in [0.1, 0.15) is 22.0 Å². The van der Waals surface area contributed by atoms with Gasteiger partial charge < -0.3 is 13.9 Å². The molecule has 0 fully saturated rings. The predicted octanol–water partition coefficient (Wildman–Crippen LogP) is 4.66. The molecule has 24 heavy (non-hydrogen) atoms. The number of benzene rings is 1. The van der Waals surface area contributed by atoms with Crippen molar-refractivity contribution in [2.75, 3.05) is 0 Å². The van der Waals surface area contributed by atoms with Gasteiger partial charge in [0.15, 0.2) is 5.69 Å². The number of carboxylic acids is 1. The highest BCUT2D eigenvalue weighted by Gasteiger charge is 2.24. The highest BCUT2D eigenvalue weighted by atomic mass is 79.9. The minimum atomic E-state index is -1.07. The van der Waals surface area contributed by atoms with Gasteiger partial charge in [0.25, 0.3) is 0 Å². The summed E-state index contributed by atoms with van der Waals surface area (Å²) in [4.78, 5) is 11.3. The van der Waals surface area contributed by atoms with Crippen LogP contribution in [0.25, 0.3) is 33.2 Å². The fourth-order valence-corrected chi connectivity index (χ4v) is 3.62. The maximum Gasteiger partial charge on any atom is 0.356 e. The lowest BCUT2D eigenvalue weighted by atomic mass is 10.0. The summed E-state index contributed by atoms with van der Waals surface area (Å²) in [5, 5.41) is 15.0. The summed E-state index contributed by atoms with van der Waals surface area (Å²) in [6, 6.07) is 5.39. The van der Waals surface area contributed by atoms with Crippen LogP contribution in [0.3, 0.4) is 0 Å². The van der Waals surface area contributed by atoms with Gasteiger partial charge in [-0.3, -0.25) is 4.68 Å². The van der Waals surface area contributed by atoms with Gasteiger partial charge in [-0.25, -0.2) is 4.79 Å². The molecule has 1 aromatic carbocycles. The average Bonchev–Trinajstić information content (AvgIpc) is 3.17. The molecule has 0 radical (unpaired) electrons. The number of rotatable bonds is 2. The second-order valence-electron chi connectivity index (χ2n) is 5.73. The number of hydrogen-bond donors (Lipinski definition) is 1. The molecule has 122 valence electrons. The first-order valence-electron chi connectivity index (χ1n) is 7.26. The maximum atomic E-state index is 11.3. The van der Waals surface area contributed by atoms with Gasteiger partial charge >= 0.3 is 5.97 Å². The molecular formula is C17H13BrN2O4. The van der Waals surface area contributed by atoms with Crippen LogP contribution in [0, 0.1) is 13.8 Å². The molecule has 0 saturated carbocycles. The standard InChI is InChI=1S/C17H13BrN2O4/c1-7-4-9-13(12-6-11(17(21)22)19-20(12)3)15-10(5-8(2)23-15)14(18)16(9)24-7/h4-6H,1-3H3,(H,21,22). The van der Waals surface area contributed by atoms with Crippen LogP contribution in [0.15, 0.2) is 31.5 Å². The van der Waals surface area contributed by atoms with Crippen LogP contribution in [-0.2, 0) is 7.05 Å². The number of aromatic nitrogens is 2. The highest BCUT2D eigenvalue weighted by molar-refractivity contribution is 9.10. The van der Waals surface area contributed by atoms with Crippen molar-refractivity contribution in [1.82, 2.24) is 9.78 Å². The number of hydrogen-bond acceptors (Lipinski definition) is 4. The Hall–Kier alpha value is -2.54. The van der Waals surface area contributed by atoms with E-state index in [1.165, 1.54) is 0 Å². The summed E-state index contributed by atoms with van der Waals surface area (Å²) in [7, 11) is 1.71. The quantitative estimate of drug-likeness (QED) is 0.540. The maximum absolute atomic E-state index is 11.3. The van der Waals surface area contributed by atoms with E-state index in [4.69, 9.17) is 8.83 Å². The third-order valence-corrected chi connectivity index (χ3v) is 4.79. The monoisotopic (exact) mass is 388 g/mol. The molecule has 7 heteroatoms. The van der Waals surface area contributed by atoms with Gasteiger partial charge in [-0.2, -0.15) is 5.10 Å². The van der Waals surface area contributed by atoms with Gasteiger partial charge in [-0.1, -0.05) is 0 Å². The van der Waals surface area contributed by atoms with E-state index in [0.717, 1.165) is 32.3 Å². The molecule has 0 bridgehead atoms. The molecule has 0 saturated heterocycles. The molecule has 0 amide bonds. The summed E-state index contributed by atoms with van der Waals surface area (Å²) >= 11 is 3.59. The van der Waals surface area contributed by atoms with E-state index >= 15 is 0 Å². The fourth-order valence-electron chi connectivity index (χ4n) is 3.03. The van der Waals surface area contributed by atoms with Gasteiger partial charge in [0.05, 0.1) is 15.7 Å². The number of halogens is 1. The Morgan fingerprint density at radius 2 is 1.75 bits per heavy atom. The molecule has 0 aliphatic heterocycles. The summed E-state index contributed by atoms with van der Waals surface area (Å²) in [6.07, 6.45) is 0. The van der Waals surface area contributed by atoms with Gasteiger partial charge in [0.2, 0.25) is 0 Å².